The third kappa shape index (κ3) is 3.42. The summed E-state index contributed by atoms with van der Waals surface area (Å²) >= 11 is 0. The summed E-state index contributed by atoms with van der Waals surface area (Å²) in [5, 5.41) is 5.67. The quantitative estimate of drug-likeness (QED) is 0.678. The van der Waals surface area contributed by atoms with Crippen LogP contribution in [0.2, 0.25) is 0 Å². The molecule has 0 saturated heterocycles. The Morgan fingerprint density at radius 1 is 1.08 bits per heavy atom. The molecule has 0 bridgehead atoms. The van der Waals surface area contributed by atoms with Crippen molar-refractivity contribution in [1.82, 2.24) is 14.8 Å². The minimum Gasteiger partial charge on any atom is -0.487 e. The second kappa shape index (κ2) is 5.93. The highest BCUT2D eigenvalue weighted by molar-refractivity contribution is 5.86. The second-order valence-electron chi connectivity index (χ2n) is 7.55. The molecule has 0 saturated carbocycles. The Balaban J connectivity index is 2.17. The smallest absolute Gasteiger partial charge is 0.157 e. The van der Waals surface area contributed by atoms with Gasteiger partial charge >= 0.3 is 0 Å². The summed E-state index contributed by atoms with van der Waals surface area (Å²) in [6.45, 7) is 12.5. The molecule has 0 N–H and O–H groups in total. The summed E-state index contributed by atoms with van der Waals surface area (Å²) in [6.07, 6.45) is 1.96. The Morgan fingerprint density at radius 2 is 1.83 bits per heavy atom. The summed E-state index contributed by atoms with van der Waals surface area (Å²) < 4.78 is 8.02. The lowest BCUT2D eigenvalue weighted by molar-refractivity contribution is 0.133. The number of aryl methyl sites for hydroxylation is 1. The van der Waals surface area contributed by atoms with E-state index in [9.17, 15) is 0 Å². The lowest BCUT2D eigenvalue weighted by atomic mass is 10.1. The van der Waals surface area contributed by atoms with E-state index < -0.39 is 0 Å². The summed E-state index contributed by atoms with van der Waals surface area (Å²) in [5.74, 6) is 2.00. The van der Waals surface area contributed by atoms with Crippen LogP contribution in [0.1, 0.15) is 51.8 Å². The van der Waals surface area contributed by atoms with Crippen molar-refractivity contribution in [3.05, 3.63) is 47.8 Å². The molecular weight excluding hydrogens is 298 g/mol. The van der Waals surface area contributed by atoms with Gasteiger partial charge in [-0.05, 0) is 57.4 Å². The fourth-order valence-corrected chi connectivity index (χ4v) is 2.60. The Kier molecular flexibility index (Phi) is 4.08. The molecule has 0 unspecified atom stereocenters. The number of hydrogen-bond acceptors (Lipinski definition) is 3. The van der Waals surface area contributed by atoms with Crippen molar-refractivity contribution in [2.45, 2.75) is 53.1 Å². The van der Waals surface area contributed by atoms with Gasteiger partial charge in [0, 0.05) is 17.6 Å². The molecule has 2 heterocycles. The molecule has 0 radical (unpaired) electrons. The molecule has 126 valence electrons. The SMILES string of the molecule is Cc1ccc2c(OC(C)(C)C)cc(-n3ccc(C(C)C)n3)nc2c1. The van der Waals surface area contributed by atoms with Gasteiger partial charge in [-0.3, -0.25) is 0 Å². The first-order valence-corrected chi connectivity index (χ1v) is 8.39. The highest BCUT2D eigenvalue weighted by Gasteiger charge is 2.17. The minimum atomic E-state index is -0.274. The molecule has 2 aromatic heterocycles. The molecule has 0 aliphatic carbocycles. The van der Waals surface area contributed by atoms with E-state index >= 15 is 0 Å². The average Bonchev–Trinajstić information content (AvgIpc) is 2.94. The first-order valence-electron chi connectivity index (χ1n) is 8.39. The van der Waals surface area contributed by atoms with Gasteiger partial charge in [0.1, 0.15) is 11.4 Å². The van der Waals surface area contributed by atoms with Crippen molar-refractivity contribution >= 4 is 10.9 Å². The summed E-state index contributed by atoms with van der Waals surface area (Å²) in [4.78, 5) is 4.79. The van der Waals surface area contributed by atoms with Gasteiger partial charge in [-0.15, -0.1) is 0 Å². The molecule has 4 nitrogen and oxygen atoms in total. The number of benzene rings is 1. The topological polar surface area (TPSA) is 39.9 Å². The Labute approximate surface area is 143 Å². The van der Waals surface area contributed by atoms with Gasteiger partial charge in [0.05, 0.1) is 11.2 Å². The van der Waals surface area contributed by atoms with Crippen LogP contribution in [-0.2, 0) is 0 Å². The van der Waals surface area contributed by atoms with Crippen molar-refractivity contribution < 1.29 is 4.74 Å². The zero-order chi connectivity index (χ0) is 17.5. The molecule has 0 atom stereocenters. The van der Waals surface area contributed by atoms with Crippen LogP contribution in [0.3, 0.4) is 0 Å². The Hall–Kier alpha value is -2.36. The zero-order valence-corrected chi connectivity index (χ0v) is 15.3. The maximum Gasteiger partial charge on any atom is 0.157 e. The first-order chi connectivity index (χ1) is 11.2. The number of aromatic nitrogens is 3. The standard InChI is InChI=1S/C20H25N3O/c1-13(2)16-9-10-23(22-16)19-12-18(24-20(4,5)6)15-8-7-14(3)11-17(15)21-19/h7-13H,1-6H3. The third-order valence-electron chi connectivity index (χ3n) is 3.77. The van der Waals surface area contributed by atoms with Crippen molar-refractivity contribution in [3.8, 4) is 11.6 Å². The summed E-state index contributed by atoms with van der Waals surface area (Å²) in [7, 11) is 0. The van der Waals surface area contributed by atoms with Crippen molar-refractivity contribution in [1.29, 1.82) is 0 Å². The zero-order valence-electron chi connectivity index (χ0n) is 15.3. The Bertz CT molecular complexity index is 872. The van der Waals surface area contributed by atoms with E-state index in [1.807, 2.05) is 23.0 Å². The summed E-state index contributed by atoms with van der Waals surface area (Å²) in [5.41, 5.74) is 2.88. The van der Waals surface area contributed by atoms with Gasteiger partial charge in [-0.25, -0.2) is 9.67 Å². The first kappa shape index (κ1) is 16.5. The molecule has 0 amide bonds. The molecule has 0 fully saturated rings. The lowest BCUT2D eigenvalue weighted by Crippen LogP contribution is -2.23. The van der Waals surface area contributed by atoms with Gasteiger partial charge in [-0.2, -0.15) is 5.10 Å². The van der Waals surface area contributed by atoms with Crippen LogP contribution in [0.5, 0.6) is 5.75 Å². The minimum absolute atomic E-state index is 0.274. The van der Waals surface area contributed by atoms with Gasteiger partial charge in [0.25, 0.3) is 0 Å². The third-order valence-corrected chi connectivity index (χ3v) is 3.77. The molecule has 24 heavy (non-hydrogen) atoms. The fraction of sp³-hybridized carbons (Fsp3) is 0.400. The number of ether oxygens (including phenoxy) is 1. The molecule has 0 aliphatic heterocycles. The van der Waals surface area contributed by atoms with E-state index in [1.54, 1.807) is 0 Å². The van der Waals surface area contributed by atoms with Crippen molar-refractivity contribution in [2.24, 2.45) is 0 Å². The molecule has 4 heteroatoms. The van der Waals surface area contributed by atoms with Gasteiger partial charge in [-0.1, -0.05) is 19.9 Å². The number of nitrogens with zero attached hydrogens (tertiary/aromatic N) is 3. The molecule has 0 aliphatic rings. The maximum atomic E-state index is 6.19. The van der Waals surface area contributed by atoms with E-state index in [0.29, 0.717) is 5.92 Å². The van der Waals surface area contributed by atoms with Gasteiger partial charge in [0.15, 0.2) is 5.82 Å². The number of rotatable bonds is 3. The van der Waals surface area contributed by atoms with Crippen LogP contribution in [0, 0.1) is 6.92 Å². The molecule has 1 aromatic carbocycles. The predicted octanol–water partition coefficient (Wildman–Crippen LogP) is 5.03. The maximum absolute atomic E-state index is 6.19. The largest absolute Gasteiger partial charge is 0.487 e. The predicted molar refractivity (Wildman–Crippen MR) is 98.1 cm³/mol. The van der Waals surface area contributed by atoms with E-state index in [0.717, 1.165) is 28.2 Å². The van der Waals surface area contributed by atoms with Crippen LogP contribution in [-0.4, -0.2) is 20.4 Å². The van der Waals surface area contributed by atoms with Crippen LogP contribution in [0.25, 0.3) is 16.7 Å². The lowest BCUT2D eigenvalue weighted by Gasteiger charge is -2.23. The van der Waals surface area contributed by atoms with Crippen molar-refractivity contribution in [3.63, 3.8) is 0 Å². The highest BCUT2D eigenvalue weighted by atomic mass is 16.5. The highest BCUT2D eigenvalue weighted by Crippen LogP contribution is 2.30. The second-order valence-corrected chi connectivity index (χ2v) is 7.55. The van der Waals surface area contributed by atoms with Gasteiger partial charge in [0.2, 0.25) is 0 Å². The normalized spacial score (nSPS) is 12.1. The van der Waals surface area contributed by atoms with Gasteiger partial charge < -0.3 is 4.74 Å². The van der Waals surface area contributed by atoms with Crippen molar-refractivity contribution in [2.75, 3.05) is 0 Å². The monoisotopic (exact) mass is 323 g/mol. The van der Waals surface area contributed by atoms with Crippen LogP contribution < -0.4 is 4.74 Å². The number of hydrogen-bond donors (Lipinski definition) is 0. The number of fused-ring (bicyclic) bond motifs is 1. The number of pyridine rings is 1. The van der Waals surface area contributed by atoms with E-state index in [-0.39, 0.29) is 5.60 Å². The molecule has 0 spiro atoms. The molecule has 3 aromatic rings. The van der Waals surface area contributed by atoms with E-state index in [4.69, 9.17) is 9.72 Å². The van der Waals surface area contributed by atoms with Crippen LogP contribution in [0.15, 0.2) is 36.5 Å². The van der Waals surface area contributed by atoms with Crippen LogP contribution >= 0.6 is 0 Å². The van der Waals surface area contributed by atoms with Crippen LogP contribution in [0.4, 0.5) is 0 Å². The average molecular weight is 323 g/mol. The van der Waals surface area contributed by atoms with E-state index in [1.165, 1.54) is 5.56 Å². The molecular formula is C20H25N3O. The summed E-state index contributed by atoms with van der Waals surface area (Å²) in [6, 6.07) is 10.3. The Morgan fingerprint density at radius 3 is 2.46 bits per heavy atom. The molecule has 3 rings (SSSR count). The fourth-order valence-electron chi connectivity index (χ4n) is 2.60. The van der Waals surface area contributed by atoms with E-state index in [2.05, 4.69) is 64.8 Å².